The lowest BCUT2D eigenvalue weighted by molar-refractivity contribution is 0.0389. The molecule has 2 rings (SSSR count). The molecule has 2 aromatic carbocycles. The van der Waals surface area contributed by atoms with E-state index in [9.17, 15) is 19.2 Å². The van der Waals surface area contributed by atoms with E-state index in [4.69, 9.17) is 4.74 Å². The number of ether oxygens (including phenoxy) is 3. The first-order valence-corrected chi connectivity index (χ1v) is 9.03. The minimum Gasteiger partial charge on any atom is -0.465 e. The number of carbonyl (C=O) groups excluding carboxylic acids is 4. The molecule has 0 saturated carbocycles. The molecule has 0 unspecified atom stereocenters. The van der Waals surface area contributed by atoms with Crippen molar-refractivity contribution in [2.45, 2.75) is 19.4 Å². The van der Waals surface area contributed by atoms with Crippen LogP contribution in [0.5, 0.6) is 0 Å². The number of esters is 3. The van der Waals surface area contributed by atoms with E-state index in [1.54, 1.807) is 13.8 Å². The Labute approximate surface area is 174 Å². The summed E-state index contributed by atoms with van der Waals surface area (Å²) in [6.45, 7) is 3.35. The van der Waals surface area contributed by atoms with Crippen molar-refractivity contribution in [3.8, 4) is 0 Å². The van der Waals surface area contributed by atoms with E-state index in [-0.39, 0.29) is 18.1 Å². The van der Waals surface area contributed by atoms with Crippen LogP contribution in [0.25, 0.3) is 0 Å². The number of rotatable bonds is 7. The van der Waals surface area contributed by atoms with Crippen LogP contribution in [-0.2, 0) is 14.2 Å². The van der Waals surface area contributed by atoms with Gasteiger partial charge in [0.1, 0.15) is 6.61 Å². The number of methoxy groups -OCH3 is 2. The van der Waals surface area contributed by atoms with Gasteiger partial charge in [-0.3, -0.25) is 4.79 Å². The number of amides is 1. The van der Waals surface area contributed by atoms with Crippen LogP contribution in [0.1, 0.15) is 55.3 Å². The van der Waals surface area contributed by atoms with Gasteiger partial charge in [0.25, 0.3) is 5.91 Å². The molecule has 0 fully saturated rings. The lowest BCUT2D eigenvalue weighted by atomic mass is 10.1. The Balaban J connectivity index is 1.94. The van der Waals surface area contributed by atoms with E-state index in [1.165, 1.54) is 62.8 Å². The van der Waals surface area contributed by atoms with Crippen LogP contribution in [0.4, 0.5) is 0 Å². The van der Waals surface area contributed by atoms with Crippen molar-refractivity contribution in [3.63, 3.8) is 0 Å². The fourth-order valence-corrected chi connectivity index (χ4v) is 2.48. The van der Waals surface area contributed by atoms with Crippen LogP contribution in [-0.4, -0.2) is 50.2 Å². The van der Waals surface area contributed by atoms with Crippen LogP contribution in [0.15, 0.2) is 48.5 Å². The van der Waals surface area contributed by atoms with Crippen LogP contribution in [0.2, 0.25) is 0 Å². The molecule has 158 valence electrons. The molecule has 0 aliphatic carbocycles. The highest BCUT2D eigenvalue weighted by Crippen LogP contribution is 2.12. The van der Waals surface area contributed by atoms with Gasteiger partial charge in [-0.25, -0.2) is 14.4 Å². The van der Waals surface area contributed by atoms with E-state index in [0.29, 0.717) is 16.7 Å². The number of hydrogen-bond acceptors (Lipinski definition) is 7. The zero-order valence-corrected chi connectivity index (χ0v) is 17.2. The average Bonchev–Trinajstić information content (AvgIpc) is 2.76. The van der Waals surface area contributed by atoms with Crippen molar-refractivity contribution in [3.05, 3.63) is 70.8 Å². The summed E-state index contributed by atoms with van der Waals surface area (Å²) >= 11 is 0. The zero-order valence-electron chi connectivity index (χ0n) is 17.2. The predicted octanol–water partition coefficient (Wildman–Crippen LogP) is 2.63. The van der Waals surface area contributed by atoms with Gasteiger partial charge in [-0.1, -0.05) is 0 Å². The molecular weight excluding hydrogens is 390 g/mol. The van der Waals surface area contributed by atoms with Crippen molar-refractivity contribution in [1.29, 1.82) is 0 Å². The summed E-state index contributed by atoms with van der Waals surface area (Å²) in [5, 5.41) is 2.78. The van der Waals surface area contributed by atoms with Gasteiger partial charge < -0.3 is 19.5 Å². The quantitative estimate of drug-likeness (QED) is 0.549. The van der Waals surface area contributed by atoms with E-state index in [0.717, 1.165) is 0 Å². The summed E-state index contributed by atoms with van der Waals surface area (Å²) in [6.07, 6.45) is 0. The van der Waals surface area contributed by atoms with E-state index >= 15 is 0 Å². The first kappa shape index (κ1) is 22.6. The molecule has 8 heteroatoms. The second kappa shape index (κ2) is 9.69. The van der Waals surface area contributed by atoms with Gasteiger partial charge in [0, 0.05) is 5.56 Å². The van der Waals surface area contributed by atoms with E-state index in [2.05, 4.69) is 14.8 Å². The molecule has 1 N–H and O–H groups in total. The topological polar surface area (TPSA) is 108 Å². The summed E-state index contributed by atoms with van der Waals surface area (Å²) < 4.78 is 14.5. The molecule has 8 nitrogen and oxygen atoms in total. The smallest absolute Gasteiger partial charge is 0.338 e. The summed E-state index contributed by atoms with van der Waals surface area (Å²) in [6, 6.07) is 11.9. The van der Waals surface area contributed by atoms with Crippen molar-refractivity contribution in [2.75, 3.05) is 20.8 Å². The highest BCUT2D eigenvalue weighted by Gasteiger charge is 2.24. The van der Waals surface area contributed by atoms with Crippen molar-refractivity contribution >= 4 is 23.8 Å². The van der Waals surface area contributed by atoms with Gasteiger partial charge in [0.2, 0.25) is 0 Å². The summed E-state index contributed by atoms with van der Waals surface area (Å²) in [5.74, 6) is -1.96. The van der Waals surface area contributed by atoms with Gasteiger partial charge in [0.05, 0.1) is 36.4 Å². The molecule has 0 atom stereocenters. The van der Waals surface area contributed by atoms with Crippen molar-refractivity contribution in [2.24, 2.45) is 0 Å². The Morgan fingerprint density at radius 1 is 0.700 bits per heavy atom. The summed E-state index contributed by atoms with van der Waals surface area (Å²) in [4.78, 5) is 47.6. The minimum atomic E-state index is -0.847. The maximum atomic E-state index is 12.4. The Morgan fingerprint density at radius 3 is 1.47 bits per heavy atom. The Morgan fingerprint density at radius 2 is 1.07 bits per heavy atom. The molecule has 0 aliphatic rings. The molecular formula is C22H23NO7. The lowest BCUT2D eigenvalue weighted by Gasteiger charge is -2.26. The van der Waals surface area contributed by atoms with Gasteiger partial charge in [-0.2, -0.15) is 0 Å². The normalized spacial score (nSPS) is 10.7. The molecule has 0 spiro atoms. The first-order chi connectivity index (χ1) is 14.2. The molecule has 0 bridgehead atoms. The van der Waals surface area contributed by atoms with Crippen molar-refractivity contribution < 1.29 is 33.4 Å². The third kappa shape index (κ3) is 5.91. The zero-order chi connectivity index (χ0) is 22.3. The minimum absolute atomic E-state index is 0.0728. The van der Waals surface area contributed by atoms with Gasteiger partial charge in [-0.15, -0.1) is 0 Å². The molecule has 0 saturated heterocycles. The third-order valence-electron chi connectivity index (χ3n) is 4.13. The standard InChI is InChI=1S/C22H23NO7/c1-22(2,23-18(24)14-5-7-15(8-6-14)19(25)28-3)13-30-21(27)17-11-9-16(10-12-17)20(26)29-4/h5-12H,13H2,1-4H3,(H,23,24). The molecule has 0 heterocycles. The van der Waals surface area contributed by atoms with E-state index in [1.807, 2.05) is 0 Å². The maximum Gasteiger partial charge on any atom is 0.338 e. The summed E-state index contributed by atoms with van der Waals surface area (Å²) in [5.41, 5.74) is 0.420. The van der Waals surface area contributed by atoms with Crippen LogP contribution in [0, 0.1) is 0 Å². The van der Waals surface area contributed by atoms with Gasteiger partial charge in [-0.05, 0) is 62.4 Å². The molecule has 30 heavy (non-hydrogen) atoms. The number of hydrogen-bond donors (Lipinski definition) is 1. The van der Waals surface area contributed by atoms with Crippen LogP contribution < -0.4 is 5.32 Å². The first-order valence-electron chi connectivity index (χ1n) is 9.03. The Kier molecular flexibility index (Phi) is 7.30. The number of benzene rings is 2. The Hall–Kier alpha value is -3.68. The lowest BCUT2D eigenvalue weighted by Crippen LogP contribution is -2.47. The molecule has 0 aromatic heterocycles. The molecule has 2 aromatic rings. The van der Waals surface area contributed by atoms with E-state index < -0.39 is 23.4 Å². The predicted molar refractivity (Wildman–Crippen MR) is 107 cm³/mol. The SMILES string of the molecule is COC(=O)c1ccc(C(=O)NC(C)(C)COC(=O)c2ccc(C(=O)OC)cc2)cc1. The fraction of sp³-hybridized carbons (Fsp3) is 0.273. The maximum absolute atomic E-state index is 12.4. The van der Waals surface area contributed by atoms with Gasteiger partial charge >= 0.3 is 17.9 Å². The monoisotopic (exact) mass is 413 g/mol. The van der Waals surface area contributed by atoms with Gasteiger partial charge in [0.15, 0.2) is 0 Å². The second-order valence-corrected chi connectivity index (χ2v) is 7.05. The second-order valence-electron chi connectivity index (χ2n) is 7.05. The molecule has 1 amide bonds. The third-order valence-corrected chi connectivity index (χ3v) is 4.13. The van der Waals surface area contributed by atoms with Crippen LogP contribution >= 0.6 is 0 Å². The average molecular weight is 413 g/mol. The number of carbonyl (C=O) groups is 4. The highest BCUT2D eigenvalue weighted by molar-refractivity contribution is 5.96. The van der Waals surface area contributed by atoms with Crippen LogP contribution in [0.3, 0.4) is 0 Å². The fourth-order valence-electron chi connectivity index (χ4n) is 2.48. The number of nitrogens with one attached hydrogen (secondary N) is 1. The summed E-state index contributed by atoms with van der Waals surface area (Å²) in [7, 11) is 2.55. The molecule has 0 aliphatic heterocycles. The molecule has 0 radical (unpaired) electrons. The van der Waals surface area contributed by atoms with Crippen molar-refractivity contribution in [1.82, 2.24) is 5.32 Å². The Bertz CT molecular complexity index is 931. The highest BCUT2D eigenvalue weighted by atomic mass is 16.5. The largest absolute Gasteiger partial charge is 0.465 e.